The molecular weight excluding hydrogens is 286 g/mol. The Morgan fingerprint density at radius 2 is 2.00 bits per heavy atom. The summed E-state index contributed by atoms with van der Waals surface area (Å²) in [4.78, 5) is 21.8. The molecule has 1 amide bonds. The van der Waals surface area contributed by atoms with Crippen molar-refractivity contribution >= 4 is 21.9 Å². The summed E-state index contributed by atoms with van der Waals surface area (Å²) in [6.45, 7) is 3.20. The lowest BCUT2D eigenvalue weighted by molar-refractivity contribution is -0.118. The molecule has 1 aromatic heterocycles. The summed E-state index contributed by atoms with van der Waals surface area (Å²) < 4.78 is 26.8. The van der Waals surface area contributed by atoms with Gasteiger partial charge in [0.1, 0.15) is 10.6 Å². The maximum Gasteiger partial charge on any atom is 0.352 e. The number of amides is 1. The van der Waals surface area contributed by atoms with Gasteiger partial charge in [-0.05, 0) is 13.0 Å². The molecule has 1 heterocycles. The largest absolute Gasteiger partial charge is 0.477 e. The van der Waals surface area contributed by atoms with Crippen LogP contribution >= 0.6 is 0 Å². The van der Waals surface area contributed by atoms with Crippen LogP contribution in [0.25, 0.3) is 0 Å². The standard InChI is InChI=1S/C11H17N3O5S/c1-3-13-6-8(5-9(13)11(16)17)20(18,19)14(4-2)7-10(12)15/h5-6H,3-4,7H2,1-2H3,(H2,12,15)(H,16,17). The SMILES string of the molecule is CCN(CC(N)=O)S(=O)(=O)c1cc(C(=O)O)n(CC)c1. The zero-order chi connectivity index (χ0) is 15.5. The fourth-order valence-electron chi connectivity index (χ4n) is 1.75. The summed E-state index contributed by atoms with van der Waals surface area (Å²) in [5, 5.41) is 9.01. The van der Waals surface area contributed by atoms with Crippen LogP contribution < -0.4 is 5.73 Å². The molecule has 0 spiro atoms. The number of carboxylic acid groups (broad SMARTS) is 1. The minimum Gasteiger partial charge on any atom is -0.477 e. The van der Waals surface area contributed by atoms with Gasteiger partial charge in [-0.1, -0.05) is 6.92 Å². The van der Waals surface area contributed by atoms with E-state index >= 15 is 0 Å². The zero-order valence-corrected chi connectivity index (χ0v) is 12.1. The Morgan fingerprint density at radius 1 is 1.40 bits per heavy atom. The molecule has 0 radical (unpaired) electrons. The zero-order valence-electron chi connectivity index (χ0n) is 11.2. The first kappa shape index (κ1) is 16.2. The molecule has 0 aliphatic rings. The summed E-state index contributed by atoms with van der Waals surface area (Å²) in [5.74, 6) is -1.99. The number of nitrogens with zero attached hydrogens (tertiary/aromatic N) is 2. The summed E-state index contributed by atoms with van der Waals surface area (Å²) >= 11 is 0. The summed E-state index contributed by atoms with van der Waals surface area (Å²) in [5.41, 5.74) is 4.88. The average molecular weight is 303 g/mol. The molecule has 1 aromatic rings. The van der Waals surface area contributed by atoms with Crippen LogP contribution in [0, 0.1) is 0 Å². The number of aromatic carboxylic acids is 1. The van der Waals surface area contributed by atoms with E-state index in [1.54, 1.807) is 13.8 Å². The highest BCUT2D eigenvalue weighted by Crippen LogP contribution is 2.19. The number of rotatable bonds is 7. The Balaban J connectivity index is 3.27. The number of aromatic nitrogens is 1. The summed E-state index contributed by atoms with van der Waals surface area (Å²) in [6, 6.07) is 1.07. The van der Waals surface area contributed by atoms with Gasteiger partial charge < -0.3 is 15.4 Å². The van der Waals surface area contributed by atoms with Crippen LogP contribution in [0.2, 0.25) is 0 Å². The van der Waals surface area contributed by atoms with Crippen molar-refractivity contribution in [3.8, 4) is 0 Å². The molecule has 0 saturated carbocycles. The van der Waals surface area contributed by atoms with Gasteiger partial charge in [0, 0.05) is 19.3 Å². The van der Waals surface area contributed by atoms with Gasteiger partial charge >= 0.3 is 5.97 Å². The normalized spacial score (nSPS) is 11.8. The molecule has 0 atom stereocenters. The van der Waals surface area contributed by atoms with Gasteiger partial charge in [-0.3, -0.25) is 4.79 Å². The van der Waals surface area contributed by atoms with Gasteiger partial charge in [0.2, 0.25) is 15.9 Å². The topological polar surface area (TPSA) is 123 Å². The number of aryl methyl sites for hydroxylation is 1. The van der Waals surface area contributed by atoms with Crippen LogP contribution in [-0.4, -0.2) is 47.4 Å². The maximum absolute atomic E-state index is 12.3. The first-order valence-corrected chi connectivity index (χ1v) is 7.39. The quantitative estimate of drug-likeness (QED) is 0.716. The van der Waals surface area contributed by atoms with E-state index in [0.717, 1.165) is 10.4 Å². The number of sulfonamides is 1. The number of likely N-dealkylation sites (N-methyl/N-ethyl adjacent to an activating group) is 1. The van der Waals surface area contributed by atoms with E-state index in [-0.39, 0.29) is 17.1 Å². The van der Waals surface area contributed by atoms with E-state index in [1.807, 2.05) is 0 Å². The Kier molecular flexibility index (Phi) is 4.90. The summed E-state index contributed by atoms with van der Waals surface area (Å²) in [6.07, 6.45) is 1.24. The van der Waals surface area contributed by atoms with Crippen molar-refractivity contribution in [1.82, 2.24) is 8.87 Å². The molecule has 3 N–H and O–H groups in total. The molecule has 9 heteroatoms. The predicted molar refractivity (Wildman–Crippen MR) is 70.7 cm³/mol. The van der Waals surface area contributed by atoms with E-state index in [0.29, 0.717) is 6.54 Å². The molecule has 0 aliphatic heterocycles. The third kappa shape index (κ3) is 3.17. The average Bonchev–Trinajstić information content (AvgIpc) is 2.80. The molecule has 112 valence electrons. The summed E-state index contributed by atoms with van der Waals surface area (Å²) in [7, 11) is -3.94. The van der Waals surface area contributed by atoms with Crippen LogP contribution in [0.4, 0.5) is 0 Å². The second-order valence-electron chi connectivity index (χ2n) is 4.05. The van der Waals surface area contributed by atoms with Crippen molar-refractivity contribution in [2.75, 3.05) is 13.1 Å². The van der Waals surface area contributed by atoms with Crippen molar-refractivity contribution < 1.29 is 23.1 Å². The Hall–Kier alpha value is -1.87. The number of carbonyl (C=O) groups excluding carboxylic acids is 1. The van der Waals surface area contributed by atoms with Gasteiger partial charge in [0.25, 0.3) is 0 Å². The van der Waals surface area contributed by atoms with Crippen LogP contribution in [-0.2, 0) is 21.4 Å². The smallest absolute Gasteiger partial charge is 0.352 e. The molecule has 0 bridgehead atoms. The predicted octanol–water partition coefficient (Wildman–Crippen LogP) is -0.298. The highest BCUT2D eigenvalue weighted by molar-refractivity contribution is 7.89. The van der Waals surface area contributed by atoms with Crippen molar-refractivity contribution in [2.24, 2.45) is 5.73 Å². The molecule has 1 rings (SSSR count). The Labute approximate surface area is 116 Å². The number of carboxylic acids is 1. The number of hydrogen-bond donors (Lipinski definition) is 2. The number of primary amides is 1. The van der Waals surface area contributed by atoms with Crippen LogP contribution in [0.5, 0.6) is 0 Å². The van der Waals surface area contributed by atoms with Crippen LogP contribution in [0.3, 0.4) is 0 Å². The molecule has 20 heavy (non-hydrogen) atoms. The fourth-order valence-corrected chi connectivity index (χ4v) is 3.21. The fraction of sp³-hybridized carbons (Fsp3) is 0.455. The third-order valence-electron chi connectivity index (χ3n) is 2.75. The van der Waals surface area contributed by atoms with Crippen LogP contribution in [0.15, 0.2) is 17.2 Å². The molecule has 0 unspecified atom stereocenters. The number of nitrogens with two attached hydrogens (primary N) is 1. The Morgan fingerprint density at radius 3 is 2.35 bits per heavy atom. The van der Waals surface area contributed by atoms with E-state index in [9.17, 15) is 18.0 Å². The van der Waals surface area contributed by atoms with E-state index in [1.165, 1.54) is 10.8 Å². The minimum atomic E-state index is -3.94. The van der Waals surface area contributed by atoms with E-state index in [2.05, 4.69) is 0 Å². The molecule has 8 nitrogen and oxygen atoms in total. The first-order valence-electron chi connectivity index (χ1n) is 5.95. The second kappa shape index (κ2) is 6.06. The maximum atomic E-state index is 12.3. The highest BCUT2D eigenvalue weighted by Gasteiger charge is 2.27. The molecule has 0 fully saturated rings. The van der Waals surface area contributed by atoms with Crippen molar-refractivity contribution in [1.29, 1.82) is 0 Å². The van der Waals surface area contributed by atoms with Crippen LogP contribution in [0.1, 0.15) is 24.3 Å². The van der Waals surface area contributed by atoms with Gasteiger partial charge in [-0.25, -0.2) is 13.2 Å². The lowest BCUT2D eigenvalue weighted by Gasteiger charge is -2.17. The molecular formula is C11H17N3O5S. The van der Waals surface area contributed by atoms with Crippen molar-refractivity contribution in [3.63, 3.8) is 0 Å². The van der Waals surface area contributed by atoms with Gasteiger partial charge in [0.15, 0.2) is 0 Å². The van der Waals surface area contributed by atoms with Gasteiger partial charge in [-0.15, -0.1) is 0 Å². The number of hydrogen-bond acceptors (Lipinski definition) is 4. The van der Waals surface area contributed by atoms with Crippen molar-refractivity contribution in [2.45, 2.75) is 25.3 Å². The van der Waals surface area contributed by atoms with E-state index < -0.39 is 28.4 Å². The third-order valence-corrected chi connectivity index (χ3v) is 4.64. The molecule has 0 aromatic carbocycles. The lowest BCUT2D eigenvalue weighted by atomic mass is 10.4. The van der Waals surface area contributed by atoms with Gasteiger partial charge in [0.05, 0.1) is 6.54 Å². The minimum absolute atomic E-state index is 0.0605. The lowest BCUT2D eigenvalue weighted by Crippen LogP contribution is -2.38. The first-order chi connectivity index (χ1) is 9.23. The molecule has 0 saturated heterocycles. The Bertz CT molecular complexity index is 620. The number of carbonyl (C=O) groups is 2. The van der Waals surface area contributed by atoms with Gasteiger partial charge in [-0.2, -0.15) is 4.31 Å². The molecule has 0 aliphatic carbocycles. The highest BCUT2D eigenvalue weighted by atomic mass is 32.2. The monoisotopic (exact) mass is 303 g/mol. The van der Waals surface area contributed by atoms with E-state index in [4.69, 9.17) is 10.8 Å². The second-order valence-corrected chi connectivity index (χ2v) is 5.99. The van der Waals surface area contributed by atoms with Crippen molar-refractivity contribution in [3.05, 3.63) is 18.0 Å².